The van der Waals surface area contributed by atoms with E-state index in [1.54, 1.807) is 0 Å². The van der Waals surface area contributed by atoms with Crippen LogP contribution in [0.25, 0.3) is 0 Å². The quantitative estimate of drug-likeness (QED) is 0.485. The lowest BCUT2D eigenvalue weighted by atomic mass is 9.96. The number of benzene rings is 1. The van der Waals surface area contributed by atoms with Crippen LogP contribution in [0, 0.1) is 0 Å². The van der Waals surface area contributed by atoms with Crippen LogP contribution in [0.5, 0.6) is 5.75 Å². The van der Waals surface area contributed by atoms with Crippen molar-refractivity contribution in [1.82, 2.24) is 0 Å². The van der Waals surface area contributed by atoms with Gasteiger partial charge in [-0.25, -0.2) is 0 Å². The summed E-state index contributed by atoms with van der Waals surface area (Å²) in [4.78, 5) is 22.6. The molecule has 1 aromatic rings. The summed E-state index contributed by atoms with van der Waals surface area (Å²) >= 11 is 0. The molecule has 0 saturated carbocycles. The van der Waals surface area contributed by atoms with Crippen LogP contribution >= 0.6 is 0 Å². The molecule has 162 valence electrons. The van der Waals surface area contributed by atoms with E-state index >= 15 is 0 Å². The van der Waals surface area contributed by atoms with Gasteiger partial charge in [0.2, 0.25) is 8.32 Å². The van der Waals surface area contributed by atoms with Crippen LogP contribution in [0.1, 0.15) is 59.1 Å². The maximum absolute atomic E-state index is 11.4. The molecule has 0 aromatic heterocycles. The Morgan fingerprint density at radius 3 is 2.21 bits per heavy atom. The monoisotopic (exact) mass is 422 g/mol. The van der Waals surface area contributed by atoms with Crippen LogP contribution in [0.2, 0.25) is 18.1 Å². The molecule has 29 heavy (non-hydrogen) atoms. The molecule has 7 heteroatoms. The molecule has 0 aliphatic carbocycles. The number of ether oxygens (including phenoxy) is 3. The van der Waals surface area contributed by atoms with Crippen molar-refractivity contribution in [1.29, 1.82) is 0 Å². The lowest BCUT2D eigenvalue weighted by Gasteiger charge is -2.37. The molecular formula is C22H34O6Si. The molecular weight excluding hydrogens is 388 g/mol. The van der Waals surface area contributed by atoms with E-state index in [0.717, 1.165) is 17.7 Å². The Morgan fingerprint density at radius 2 is 1.69 bits per heavy atom. The highest BCUT2D eigenvalue weighted by Gasteiger charge is 2.39. The summed E-state index contributed by atoms with van der Waals surface area (Å²) < 4.78 is 23.0. The van der Waals surface area contributed by atoms with Gasteiger partial charge in [0.15, 0.2) is 0 Å². The third-order valence-electron chi connectivity index (χ3n) is 5.67. The molecule has 1 saturated heterocycles. The van der Waals surface area contributed by atoms with E-state index in [9.17, 15) is 9.59 Å². The second-order valence-corrected chi connectivity index (χ2v) is 13.8. The second-order valence-electron chi connectivity index (χ2n) is 9.12. The molecule has 0 spiro atoms. The first-order valence-corrected chi connectivity index (χ1v) is 13.0. The first-order valence-electron chi connectivity index (χ1n) is 10.1. The van der Waals surface area contributed by atoms with Crippen molar-refractivity contribution >= 4 is 20.3 Å². The minimum atomic E-state index is -1.89. The standard InChI is InChI=1S/C22H34O6Si/c1-15(23)25-14-21-20(26-16(2)24)13-12-19(27-21)17-8-10-18(11-9-17)28-29(6,7)22(3,4)5/h8-11,19-21H,12-14H2,1-7H3/t19?,20-,21+/m0/s1. The SMILES string of the molecule is CC(=O)OC[C@H]1OC(c2ccc(O[Si](C)(C)C(C)(C)C)cc2)CC[C@@H]1OC(C)=O. The van der Waals surface area contributed by atoms with Crippen molar-refractivity contribution in [3.05, 3.63) is 29.8 Å². The molecule has 1 fully saturated rings. The Labute approximate surface area is 175 Å². The molecule has 3 atom stereocenters. The maximum Gasteiger partial charge on any atom is 0.302 e. The molecule has 1 aromatic carbocycles. The molecule has 1 aliphatic heterocycles. The smallest absolute Gasteiger partial charge is 0.302 e. The summed E-state index contributed by atoms with van der Waals surface area (Å²) in [5.41, 5.74) is 1.03. The van der Waals surface area contributed by atoms with Gasteiger partial charge in [-0.3, -0.25) is 9.59 Å². The van der Waals surface area contributed by atoms with E-state index in [0.29, 0.717) is 6.42 Å². The summed E-state index contributed by atoms with van der Waals surface area (Å²) in [6.45, 7) is 13.9. The van der Waals surface area contributed by atoms with Crippen molar-refractivity contribution in [3.8, 4) is 5.75 Å². The number of hydrogen-bond acceptors (Lipinski definition) is 6. The van der Waals surface area contributed by atoms with Gasteiger partial charge in [0.25, 0.3) is 0 Å². The summed E-state index contributed by atoms with van der Waals surface area (Å²) in [5.74, 6) is 0.117. The van der Waals surface area contributed by atoms with Crippen molar-refractivity contribution in [2.24, 2.45) is 0 Å². The van der Waals surface area contributed by atoms with Crippen LogP contribution in [0.15, 0.2) is 24.3 Å². The average molecular weight is 423 g/mol. The zero-order valence-corrected chi connectivity index (χ0v) is 19.6. The first-order chi connectivity index (χ1) is 13.4. The Hall–Kier alpha value is -1.86. The van der Waals surface area contributed by atoms with Gasteiger partial charge in [-0.2, -0.15) is 0 Å². The van der Waals surface area contributed by atoms with Gasteiger partial charge in [0, 0.05) is 13.8 Å². The topological polar surface area (TPSA) is 71.1 Å². The van der Waals surface area contributed by atoms with Gasteiger partial charge in [0.05, 0.1) is 6.10 Å². The molecule has 6 nitrogen and oxygen atoms in total. The van der Waals surface area contributed by atoms with Gasteiger partial charge in [0.1, 0.15) is 24.6 Å². The van der Waals surface area contributed by atoms with Crippen LogP contribution in [-0.4, -0.2) is 39.1 Å². The predicted octanol–water partition coefficient (Wildman–Crippen LogP) is 4.79. The number of carbonyl (C=O) groups is 2. The molecule has 1 heterocycles. The van der Waals surface area contributed by atoms with E-state index in [4.69, 9.17) is 18.6 Å². The third-order valence-corrected chi connectivity index (χ3v) is 10.0. The van der Waals surface area contributed by atoms with Crippen molar-refractivity contribution in [2.75, 3.05) is 6.61 Å². The van der Waals surface area contributed by atoms with Gasteiger partial charge in [-0.05, 0) is 48.7 Å². The largest absolute Gasteiger partial charge is 0.544 e. The molecule has 0 bridgehead atoms. The third kappa shape index (κ3) is 6.57. The fourth-order valence-corrected chi connectivity index (χ4v) is 4.04. The Bertz CT molecular complexity index is 707. The first kappa shape index (κ1) is 23.4. The van der Waals surface area contributed by atoms with E-state index in [1.807, 2.05) is 24.3 Å². The Kier molecular flexibility index (Phi) is 7.51. The highest BCUT2D eigenvalue weighted by molar-refractivity contribution is 6.74. The summed E-state index contributed by atoms with van der Waals surface area (Å²) in [5, 5.41) is 0.133. The van der Waals surface area contributed by atoms with Crippen LogP contribution in [0.3, 0.4) is 0 Å². The van der Waals surface area contributed by atoms with E-state index in [1.165, 1.54) is 13.8 Å². The molecule has 1 unspecified atom stereocenters. The van der Waals surface area contributed by atoms with E-state index in [-0.39, 0.29) is 29.7 Å². The fourth-order valence-electron chi connectivity index (χ4n) is 3.01. The predicted molar refractivity (Wildman–Crippen MR) is 113 cm³/mol. The van der Waals surface area contributed by atoms with Crippen molar-refractivity contribution in [2.45, 2.75) is 83.9 Å². The summed E-state index contributed by atoms with van der Waals surface area (Å²) in [7, 11) is -1.89. The Morgan fingerprint density at radius 1 is 1.07 bits per heavy atom. The molecule has 0 amide bonds. The minimum absolute atomic E-state index is 0.0658. The minimum Gasteiger partial charge on any atom is -0.544 e. The van der Waals surface area contributed by atoms with E-state index < -0.39 is 20.5 Å². The lowest BCUT2D eigenvalue weighted by Crippen LogP contribution is -2.43. The molecule has 0 N–H and O–H groups in total. The fraction of sp³-hybridized carbons (Fsp3) is 0.636. The normalized spacial score (nSPS) is 22.7. The van der Waals surface area contributed by atoms with Gasteiger partial charge < -0.3 is 18.6 Å². The molecule has 1 aliphatic rings. The maximum atomic E-state index is 11.4. The average Bonchev–Trinajstić information content (AvgIpc) is 2.59. The summed E-state index contributed by atoms with van der Waals surface area (Å²) in [6.07, 6.45) is 0.327. The lowest BCUT2D eigenvalue weighted by molar-refractivity contribution is -0.181. The molecule has 0 radical (unpaired) electrons. The highest BCUT2D eigenvalue weighted by atomic mass is 28.4. The van der Waals surface area contributed by atoms with E-state index in [2.05, 4.69) is 33.9 Å². The number of esters is 2. The van der Waals surface area contributed by atoms with Crippen LogP contribution in [-0.2, 0) is 23.8 Å². The highest BCUT2D eigenvalue weighted by Crippen LogP contribution is 2.38. The zero-order chi connectivity index (χ0) is 21.8. The summed E-state index contributed by atoms with van der Waals surface area (Å²) in [6, 6.07) is 8.00. The van der Waals surface area contributed by atoms with Crippen LogP contribution < -0.4 is 4.43 Å². The number of rotatable bonds is 6. The van der Waals surface area contributed by atoms with Gasteiger partial charge in [-0.1, -0.05) is 32.9 Å². The Balaban J connectivity index is 2.07. The molecule has 2 rings (SSSR count). The van der Waals surface area contributed by atoms with Gasteiger partial charge >= 0.3 is 11.9 Å². The second kappa shape index (κ2) is 9.30. The number of hydrogen-bond donors (Lipinski definition) is 0. The van der Waals surface area contributed by atoms with Crippen LogP contribution in [0.4, 0.5) is 0 Å². The van der Waals surface area contributed by atoms with Crippen molar-refractivity contribution < 1.29 is 28.2 Å². The van der Waals surface area contributed by atoms with Crippen molar-refractivity contribution in [3.63, 3.8) is 0 Å². The zero-order valence-electron chi connectivity index (χ0n) is 18.6. The van der Waals surface area contributed by atoms with Gasteiger partial charge in [-0.15, -0.1) is 0 Å². The number of carbonyl (C=O) groups excluding carboxylic acids is 2.